The molecular weight excluding hydrogens is 472 g/mol. The maximum Gasteiger partial charge on any atom is 0.407 e. The number of methoxy groups -OCH3 is 1. The molecule has 0 radical (unpaired) electrons. The van der Waals surface area contributed by atoms with E-state index in [4.69, 9.17) is 9.47 Å². The molecule has 2 aromatic carbocycles. The van der Waals surface area contributed by atoms with Crippen molar-refractivity contribution in [3.8, 4) is 16.9 Å². The average Bonchev–Trinajstić information content (AvgIpc) is 3.49. The normalized spacial score (nSPS) is 18.0. The second-order valence-electron chi connectivity index (χ2n) is 10.6. The zero-order valence-corrected chi connectivity index (χ0v) is 22.2. The Kier molecular flexibility index (Phi) is 6.29. The van der Waals surface area contributed by atoms with Crippen molar-refractivity contribution in [2.45, 2.75) is 64.5 Å². The van der Waals surface area contributed by atoms with Crippen LogP contribution >= 0.6 is 11.3 Å². The Bertz CT molecular complexity index is 1490. The molecule has 0 unspecified atom stereocenters. The number of aromatic amines is 1. The number of amides is 1. The Hall–Kier alpha value is -3.32. The number of alkyl carbamates (subject to hydrolysis) is 1. The highest BCUT2D eigenvalue weighted by atomic mass is 32.1. The largest absolute Gasteiger partial charge is 0.496 e. The van der Waals surface area contributed by atoms with E-state index in [1.54, 1.807) is 7.11 Å². The molecule has 2 heterocycles. The lowest BCUT2D eigenvalue weighted by atomic mass is 9.90. The molecule has 188 valence electrons. The van der Waals surface area contributed by atoms with Gasteiger partial charge in [-0.3, -0.25) is 4.79 Å². The Balaban J connectivity index is 1.53. The third-order valence-corrected chi connectivity index (χ3v) is 7.85. The molecule has 1 fully saturated rings. The summed E-state index contributed by atoms with van der Waals surface area (Å²) in [5, 5.41) is 6.99. The molecule has 1 amide bonds. The summed E-state index contributed by atoms with van der Waals surface area (Å²) >= 11 is 1.45. The minimum Gasteiger partial charge on any atom is -0.496 e. The van der Waals surface area contributed by atoms with Gasteiger partial charge in [0.2, 0.25) is 0 Å². The first-order valence-corrected chi connectivity index (χ1v) is 13.2. The fourth-order valence-corrected chi connectivity index (χ4v) is 6.20. The van der Waals surface area contributed by atoms with Crippen LogP contribution in [-0.2, 0) is 4.74 Å². The van der Waals surface area contributed by atoms with Gasteiger partial charge in [-0.1, -0.05) is 30.7 Å². The van der Waals surface area contributed by atoms with E-state index in [1.165, 1.54) is 16.9 Å². The number of benzene rings is 2. The van der Waals surface area contributed by atoms with Crippen molar-refractivity contribution < 1.29 is 14.3 Å². The molecule has 0 saturated heterocycles. The SMILES string of the molecule is COc1cc(C)c2[nH]c(=O)c3sccc3c2c1-c1ccc([C@H]2CCC[C@H]2NC(=O)OC(C)(C)C)cc1. The van der Waals surface area contributed by atoms with Gasteiger partial charge in [0.15, 0.2) is 0 Å². The number of hydrogen-bond acceptors (Lipinski definition) is 5. The summed E-state index contributed by atoms with van der Waals surface area (Å²) in [5.41, 5.74) is 4.41. The summed E-state index contributed by atoms with van der Waals surface area (Å²) in [6.45, 7) is 7.61. The predicted octanol–water partition coefficient (Wildman–Crippen LogP) is 6.89. The first-order chi connectivity index (χ1) is 17.2. The smallest absolute Gasteiger partial charge is 0.407 e. The maximum atomic E-state index is 12.7. The van der Waals surface area contributed by atoms with Crippen molar-refractivity contribution in [1.29, 1.82) is 0 Å². The van der Waals surface area contributed by atoms with Crippen molar-refractivity contribution in [3.05, 3.63) is 63.3 Å². The summed E-state index contributed by atoms with van der Waals surface area (Å²) < 4.78 is 12.0. The van der Waals surface area contributed by atoms with Gasteiger partial charge in [0.25, 0.3) is 5.56 Å². The van der Waals surface area contributed by atoms with Gasteiger partial charge >= 0.3 is 6.09 Å². The molecular formula is C29H32N2O4S. The molecule has 0 spiro atoms. The van der Waals surface area contributed by atoms with E-state index in [0.717, 1.165) is 62.7 Å². The minimum atomic E-state index is -0.520. The van der Waals surface area contributed by atoms with E-state index in [-0.39, 0.29) is 23.6 Å². The van der Waals surface area contributed by atoms with Crippen LogP contribution in [0.3, 0.4) is 0 Å². The molecule has 5 rings (SSSR count). The monoisotopic (exact) mass is 504 g/mol. The highest BCUT2D eigenvalue weighted by Gasteiger charge is 2.31. The molecule has 4 aromatic rings. The highest BCUT2D eigenvalue weighted by molar-refractivity contribution is 7.17. The lowest BCUT2D eigenvalue weighted by Gasteiger charge is -2.25. The molecule has 0 bridgehead atoms. The standard InChI is InChI=1S/C29H32N2O4S/c1-16-15-22(34-5)23(24-20-13-14-36-26(20)27(32)31-25(16)24)18-11-9-17(10-12-18)19-7-6-8-21(19)30-28(33)35-29(2,3)4/h9-15,19,21H,6-8H2,1-5H3,(H,30,33)(H,31,32)/t19-,21-/m1/s1. The number of nitrogens with one attached hydrogen (secondary N) is 2. The quantitative estimate of drug-likeness (QED) is 0.317. The molecule has 1 aliphatic rings. The second-order valence-corrected chi connectivity index (χ2v) is 11.5. The molecule has 2 aromatic heterocycles. The van der Waals surface area contributed by atoms with Gasteiger partial charge in [-0.05, 0) is 74.7 Å². The van der Waals surface area contributed by atoms with Gasteiger partial charge in [0, 0.05) is 28.3 Å². The third kappa shape index (κ3) is 4.48. The summed E-state index contributed by atoms with van der Waals surface area (Å²) in [6.07, 6.45) is 2.66. The first kappa shape index (κ1) is 24.4. The van der Waals surface area contributed by atoms with Crippen LogP contribution in [0, 0.1) is 6.92 Å². The van der Waals surface area contributed by atoms with Crippen molar-refractivity contribution in [2.24, 2.45) is 0 Å². The summed E-state index contributed by atoms with van der Waals surface area (Å²) in [5.74, 6) is 1.01. The van der Waals surface area contributed by atoms with E-state index in [9.17, 15) is 9.59 Å². The van der Waals surface area contributed by atoms with E-state index in [2.05, 4.69) is 34.6 Å². The first-order valence-electron chi connectivity index (χ1n) is 12.4. The Morgan fingerprint density at radius 1 is 1.14 bits per heavy atom. The lowest BCUT2D eigenvalue weighted by Crippen LogP contribution is -2.40. The number of thiophene rings is 1. The molecule has 2 N–H and O–H groups in total. The van der Waals surface area contributed by atoms with E-state index in [0.29, 0.717) is 0 Å². The average molecular weight is 505 g/mol. The second kappa shape index (κ2) is 9.28. The van der Waals surface area contributed by atoms with Crippen LogP contribution in [0.15, 0.2) is 46.6 Å². The molecule has 2 atom stereocenters. The number of ether oxygens (including phenoxy) is 2. The number of rotatable bonds is 4. The van der Waals surface area contributed by atoms with E-state index >= 15 is 0 Å². The lowest BCUT2D eigenvalue weighted by molar-refractivity contribution is 0.0501. The van der Waals surface area contributed by atoms with Gasteiger partial charge in [-0.25, -0.2) is 4.79 Å². The zero-order valence-electron chi connectivity index (χ0n) is 21.4. The fourth-order valence-electron chi connectivity index (χ4n) is 5.40. The van der Waals surface area contributed by atoms with Crippen molar-refractivity contribution in [1.82, 2.24) is 10.3 Å². The summed E-state index contributed by atoms with van der Waals surface area (Å²) in [6, 6.07) is 12.6. The maximum absolute atomic E-state index is 12.7. The van der Waals surface area contributed by atoms with E-state index < -0.39 is 5.60 Å². The molecule has 6 nitrogen and oxygen atoms in total. The van der Waals surface area contributed by atoms with Gasteiger partial charge < -0.3 is 19.8 Å². The number of fused-ring (bicyclic) bond motifs is 3. The van der Waals surface area contributed by atoms with Crippen molar-refractivity contribution >= 4 is 38.4 Å². The van der Waals surface area contributed by atoms with Crippen LogP contribution in [0.2, 0.25) is 0 Å². The van der Waals surface area contributed by atoms with Gasteiger partial charge in [0.1, 0.15) is 16.1 Å². The Labute approximate surface area is 214 Å². The zero-order chi connectivity index (χ0) is 25.6. The van der Waals surface area contributed by atoms with Crippen LogP contribution in [0.5, 0.6) is 5.75 Å². The molecule has 1 saturated carbocycles. The van der Waals surface area contributed by atoms with Crippen molar-refractivity contribution in [2.75, 3.05) is 7.11 Å². The van der Waals surface area contributed by atoms with E-state index in [1.807, 2.05) is 45.2 Å². The number of hydrogen-bond donors (Lipinski definition) is 2. The Morgan fingerprint density at radius 3 is 2.58 bits per heavy atom. The minimum absolute atomic E-state index is 0.0518. The van der Waals surface area contributed by atoms with Crippen LogP contribution < -0.4 is 15.6 Å². The fraction of sp³-hybridized carbons (Fsp3) is 0.379. The number of carbonyl (C=O) groups excluding carboxylic acids is 1. The van der Waals surface area contributed by atoms with Gasteiger partial charge in [0.05, 0.1) is 12.6 Å². The van der Waals surface area contributed by atoms with Gasteiger partial charge in [-0.2, -0.15) is 0 Å². The van der Waals surface area contributed by atoms with Crippen LogP contribution in [0.1, 0.15) is 57.1 Å². The highest BCUT2D eigenvalue weighted by Crippen LogP contribution is 2.43. The topological polar surface area (TPSA) is 80.4 Å². The van der Waals surface area contributed by atoms with Crippen molar-refractivity contribution in [3.63, 3.8) is 0 Å². The number of H-pyrrole nitrogens is 1. The van der Waals surface area contributed by atoms with Crippen LogP contribution in [0.4, 0.5) is 4.79 Å². The number of pyridine rings is 1. The number of carbonyl (C=O) groups is 1. The summed E-state index contributed by atoms with van der Waals surface area (Å²) in [7, 11) is 1.68. The van der Waals surface area contributed by atoms with Crippen LogP contribution in [0.25, 0.3) is 32.1 Å². The van der Waals surface area contributed by atoms with Crippen LogP contribution in [-0.4, -0.2) is 29.8 Å². The number of aromatic nitrogens is 1. The third-order valence-electron chi connectivity index (χ3n) is 6.93. The Morgan fingerprint density at radius 2 is 1.89 bits per heavy atom. The number of aryl methyl sites for hydroxylation is 1. The molecule has 1 aliphatic carbocycles. The molecule has 7 heteroatoms. The molecule has 0 aliphatic heterocycles. The molecule has 36 heavy (non-hydrogen) atoms. The van der Waals surface area contributed by atoms with Gasteiger partial charge in [-0.15, -0.1) is 11.3 Å². The summed E-state index contributed by atoms with van der Waals surface area (Å²) in [4.78, 5) is 28.2. The predicted molar refractivity (Wildman–Crippen MR) is 146 cm³/mol.